The summed E-state index contributed by atoms with van der Waals surface area (Å²) in [6.45, 7) is 6.71. The van der Waals surface area contributed by atoms with E-state index in [0.717, 1.165) is 64.2 Å². The van der Waals surface area contributed by atoms with E-state index in [0.29, 0.717) is 19.3 Å². The van der Waals surface area contributed by atoms with Gasteiger partial charge in [0, 0.05) is 19.3 Å². The second kappa shape index (κ2) is 72.4. The monoisotopic (exact) mass is 1170 g/mol. The smallest absolute Gasteiger partial charge is 0.306 e. The van der Waals surface area contributed by atoms with Crippen LogP contribution in [0.15, 0.2) is 24.3 Å². The molecule has 0 saturated carbocycles. The van der Waals surface area contributed by atoms with Gasteiger partial charge in [0.2, 0.25) is 0 Å². The number of hydrogen-bond acceptors (Lipinski definition) is 6. The molecule has 0 aromatic heterocycles. The van der Waals surface area contributed by atoms with Crippen LogP contribution in [-0.2, 0) is 28.6 Å². The molecule has 0 heterocycles. The van der Waals surface area contributed by atoms with Gasteiger partial charge in [-0.25, -0.2) is 0 Å². The van der Waals surface area contributed by atoms with E-state index in [2.05, 4.69) is 45.1 Å². The van der Waals surface area contributed by atoms with E-state index in [1.54, 1.807) is 0 Å². The molecule has 1 unspecified atom stereocenters. The van der Waals surface area contributed by atoms with Crippen LogP contribution in [0.5, 0.6) is 0 Å². The number of ether oxygens (including phenoxy) is 3. The first kappa shape index (κ1) is 80.9. The summed E-state index contributed by atoms with van der Waals surface area (Å²) in [6.07, 6.45) is 89.3. The van der Waals surface area contributed by atoms with E-state index in [1.165, 1.54) is 327 Å². The molecule has 83 heavy (non-hydrogen) atoms. The second-order valence-corrected chi connectivity index (χ2v) is 25.9. The maximum atomic E-state index is 13.0. The second-order valence-electron chi connectivity index (χ2n) is 25.9. The van der Waals surface area contributed by atoms with E-state index in [9.17, 15) is 14.4 Å². The highest BCUT2D eigenvalue weighted by molar-refractivity contribution is 5.71. The molecular formula is C77H146O6. The molecule has 0 aromatic carbocycles. The van der Waals surface area contributed by atoms with Gasteiger partial charge in [0.25, 0.3) is 0 Å². The van der Waals surface area contributed by atoms with Crippen molar-refractivity contribution < 1.29 is 28.6 Å². The molecule has 0 spiro atoms. The summed E-state index contributed by atoms with van der Waals surface area (Å²) in [5, 5.41) is 0. The highest BCUT2D eigenvalue weighted by atomic mass is 16.6. The zero-order valence-corrected chi connectivity index (χ0v) is 56.5. The van der Waals surface area contributed by atoms with E-state index in [-0.39, 0.29) is 31.1 Å². The molecule has 0 fully saturated rings. The van der Waals surface area contributed by atoms with Crippen molar-refractivity contribution in [3.63, 3.8) is 0 Å². The van der Waals surface area contributed by atoms with Crippen LogP contribution in [0.1, 0.15) is 432 Å². The zero-order chi connectivity index (χ0) is 59.9. The largest absolute Gasteiger partial charge is 0.462 e. The molecule has 0 saturated heterocycles. The average molecular weight is 1170 g/mol. The minimum Gasteiger partial charge on any atom is -0.462 e. The molecule has 0 aliphatic carbocycles. The quantitative estimate of drug-likeness (QED) is 0.0261. The highest BCUT2D eigenvalue weighted by Gasteiger charge is 2.20. The van der Waals surface area contributed by atoms with Gasteiger partial charge in [0.1, 0.15) is 13.2 Å². The lowest BCUT2D eigenvalue weighted by atomic mass is 10.0. The maximum absolute atomic E-state index is 13.0. The van der Waals surface area contributed by atoms with Crippen LogP contribution in [0, 0.1) is 0 Å². The van der Waals surface area contributed by atoms with Crippen LogP contribution in [-0.4, -0.2) is 37.2 Å². The maximum Gasteiger partial charge on any atom is 0.306 e. The van der Waals surface area contributed by atoms with Gasteiger partial charge in [-0.3, -0.25) is 14.4 Å². The molecule has 6 nitrogen and oxygen atoms in total. The van der Waals surface area contributed by atoms with Crippen molar-refractivity contribution in [2.45, 2.75) is 438 Å². The minimum absolute atomic E-state index is 0.0660. The first-order valence-corrected chi connectivity index (χ1v) is 37.8. The summed E-state index contributed by atoms with van der Waals surface area (Å²) in [5.41, 5.74) is 0. The topological polar surface area (TPSA) is 78.9 Å². The van der Waals surface area contributed by atoms with Crippen molar-refractivity contribution >= 4 is 17.9 Å². The van der Waals surface area contributed by atoms with Crippen LogP contribution in [0.4, 0.5) is 0 Å². The molecule has 0 aliphatic heterocycles. The highest BCUT2D eigenvalue weighted by Crippen LogP contribution is 2.20. The van der Waals surface area contributed by atoms with Crippen LogP contribution in [0.25, 0.3) is 0 Å². The number of carbonyl (C=O) groups is 3. The van der Waals surface area contributed by atoms with Crippen molar-refractivity contribution in [2.24, 2.45) is 0 Å². The fraction of sp³-hybridized carbons (Fsp3) is 0.909. The van der Waals surface area contributed by atoms with Gasteiger partial charge in [-0.15, -0.1) is 0 Å². The number of allylic oxidation sites excluding steroid dienone is 4. The van der Waals surface area contributed by atoms with Gasteiger partial charge >= 0.3 is 17.9 Å². The van der Waals surface area contributed by atoms with E-state index >= 15 is 0 Å². The fourth-order valence-electron chi connectivity index (χ4n) is 11.8. The van der Waals surface area contributed by atoms with Crippen LogP contribution < -0.4 is 0 Å². The molecule has 490 valence electrons. The Morgan fingerprint density at radius 1 is 0.241 bits per heavy atom. The molecule has 0 rings (SSSR count). The number of hydrogen-bond donors (Lipinski definition) is 0. The van der Waals surface area contributed by atoms with Gasteiger partial charge < -0.3 is 14.2 Å². The third-order valence-corrected chi connectivity index (χ3v) is 17.5. The first-order valence-electron chi connectivity index (χ1n) is 37.8. The Balaban J connectivity index is 4.24. The van der Waals surface area contributed by atoms with Gasteiger partial charge in [0.15, 0.2) is 6.10 Å². The SMILES string of the molecule is CCCCC/C=C\C/C=C\CCCCCCCCCCCC(=O)OC(COC(=O)CCCCCCCCCCCCCCCCCCCCC)COC(=O)CCCCCCCCCCCCCCCCCCCCCCCCCCCCC. The lowest BCUT2D eigenvalue weighted by molar-refractivity contribution is -0.167. The summed E-state index contributed by atoms with van der Waals surface area (Å²) in [4.78, 5) is 38.6. The Morgan fingerprint density at radius 3 is 0.687 bits per heavy atom. The third-order valence-electron chi connectivity index (χ3n) is 17.5. The Hall–Kier alpha value is -2.11. The standard InChI is InChI=1S/C77H146O6/c1-4-7-10-13-16-19-22-25-28-31-34-35-36-37-38-39-40-41-44-46-49-52-55-58-61-64-67-70-76(79)82-73-74(83-77(80)71-68-65-62-59-56-53-50-47-43-33-30-27-24-21-18-15-12-9-6-3)72-81-75(78)69-66-63-60-57-54-51-48-45-42-32-29-26-23-20-17-14-11-8-5-2/h18,21,27,30,74H,4-17,19-20,22-26,28-29,31-73H2,1-3H3/b21-18-,30-27-. The first-order chi connectivity index (χ1) is 41.0. The molecule has 0 N–H and O–H groups in total. The third kappa shape index (κ3) is 70.5. The van der Waals surface area contributed by atoms with Gasteiger partial charge in [0.05, 0.1) is 0 Å². The Morgan fingerprint density at radius 2 is 0.434 bits per heavy atom. The van der Waals surface area contributed by atoms with E-state index in [1.807, 2.05) is 0 Å². The number of rotatable bonds is 71. The molecule has 0 aliphatic rings. The molecule has 0 amide bonds. The van der Waals surface area contributed by atoms with Crippen LogP contribution in [0.2, 0.25) is 0 Å². The minimum atomic E-state index is -0.771. The Kier molecular flexibility index (Phi) is 70.5. The van der Waals surface area contributed by atoms with Crippen LogP contribution >= 0.6 is 0 Å². The normalized spacial score (nSPS) is 12.1. The zero-order valence-electron chi connectivity index (χ0n) is 56.5. The number of unbranched alkanes of at least 4 members (excludes halogenated alkanes) is 56. The number of carbonyl (C=O) groups excluding carboxylic acids is 3. The molecule has 0 aromatic rings. The molecule has 0 radical (unpaired) electrons. The van der Waals surface area contributed by atoms with E-state index < -0.39 is 6.10 Å². The van der Waals surface area contributed by atoms with Gasteiger partial charge in [-0.2, -0.15) is 0 Å². The van der Waals surface area contributed by atoms with Crippen molar-refractivity contribution in [3.05, 3.63) is 24.3 Å². The predicted molar refractivity (Wildman–Crippen MR) is 363 cm³/mol. The van der Waals surface area contributed by atoms with Gasteiger partial charge in [-0.05, 0) is 51.4 Å². The Labute approximate surface area is 519 Å². The molecule has 6 heteroatoms. The Bertz CT molecular complexity index is 1340. The molecular weight excluding hydrogens is 1020 g/mol. The van der Waals surface area contributed by atoms with Crippen molar-refractivity contribution in [1.29, 1.82) is 0 Å². The van der Waals surface area contributed by atoms with Crippen molar-refractivity contribution in [1.82, 2.24) is 0 Å². The number of esters is 3. The summed E-state index contributed by atoms with van der Waals surface area (Å²) < 4.78 is 17.1. The summed E-state index contributed by atoms with van der Waals surface area (Å²) in [6, 6.07) is 0. The summed E-state index contributed by atoms with van der Waals surface area (Å²) in [7, 11) is 0. The van der Waals surface area contributed by atoms with Crippen molar-refractivity contribution in [3.8, 4) is 0 Å². The summed E-state index contributed by atoms with van der Waals surface area (Å²) >= 11 is 0. The lowest BCUT2D eigenvalue weighted by Gasteiger charge is -2.18. The van der Waals surface area contributed by atoms with Gasteiger partial charge in [-0.1, -0.05) is 385 Å². The summed E-state index contributed by atoms with van der Waals surface area (Å²) in [5.74, 6) is -0.832. The van der Waals surface area contributed by atoms with Crippen LogP contribution in [0.3, 0.4) is 0 Å². The fourth-order valence-corrected chi connectivity index (χ4v) is 11.8. The van der Waals surface area contributed by atoms with Crippen molar-refractivity contribution in [2.75, 3.05) is 13.2 Å². The molecule has 0 bridgehead atoms. The lowest BCUT2D eigenvalue weighted by Crippen LogP contribution is -2.30. The average Bonchev–Trinajstić information content (AvgIpc) is 3.50. The molecule has 1 atom stereocenters. The predicted octanol–water partition coefficient (Wildman–Crippen LogP) is 26.1. The van der Waals surface area contributed by atoms with E-state index in [4.69, 9.17) is 14.2 Å².